The lowest BCUT2D eigenvalue weighted by molar-refractivity contribution is 0.103. The highest BCUT2D eigenvalue weighted by atomic mass is 16.5. The topological polar surface area (TPSA) is 35.5 Å². The zero-order valence-corrected chi connectivity index (χ0v) is 23.2. The fourth-order valence-electron chi connectivity index (χ4n) is 4.80. The van der Waals surface area contributed by atoms with Crippen LogP contribution in [0.4, 0.5) is 0 Å². The van der Waals surface area contributed by atoms with Crippen molar-refractivity contribution in [1.29, 1.82) is 0 Å². The molecule has 0 saturated carbocycles. The normalized spacial score (nSPS) is 10.7. The van der Waals surface area contributed by atoms with Crippen LogP contribution < -0.4 is 9.47 Å². The summed E-state index contributed by atoms with van der Waals surface area (Å²) in [6.45, 7) is 0. The molecular formula is C39H30O3. The minimum absolute atomic E-state index is 0.0522. The van der Waals surface area contributed by atoms with E-state index in [2.05, 4.69) is 72.8 Å². The summed E-state index contributed by atoms with van der Waals surface area (Å²) >= 11 is 0. The predicted molar refractivity (Wildman–Crippen MR) is 168 cm³/mol. The number of ketones is 1. The molecule has 6 rings (SSSR count). The Morgan fingerprint density at radius 1 is 0.357 bits per heavy atom. The Labute approximate surface area is 246 Å². The van der Waals surface area contributed by atoms with Crippen LogP contribution in [0.25, 0.3) is 0 Å². The number of rotatable bonds is 10. The maximum Gasteiger partial charge on any atom is 0.193 e. The van der Waals surface area contributed by atoms with Crippen molar-refractivity contribution in [3.05, 3.63) is 191 Å². The number of carbonyl (C=O) groups is 1. The first-order chi connectivity index (χ1) is 20.7. The van der Waals surface area contributed by atoms with E-state index in [0.29, 0.717) is 22.6 Å². The van der Waals surface area contributed by atoms with Crippen molar-refractivity contribution in [3.8, 4) is 23.0 Å². The van der Waals surface area contributed by atoms with Gasteiger partial charge in [0.1, 0.15) is 23.0 Å². The first-order valence-corrected chi connectivity index (χ1v) is 14.0. The highest BCUT2D eigenvalue weighted by molar-refractivity contribution is 6.09. The Morgan fingerprint density at radius 2 is 0.643 bits per heavy atom. The van der Waals surface area contributed by atoms with E-state index in [0.717, 1.165) is 24.3 Å². The molecule has 0 saturated heterocycles. The van der Waals surface area contributed by atoms with Gasteiger partial charge in [-0.05, 0) is 108 Å². The molecule has 3 nitrogen and oxygen atoms in total. The second kappa shape index (κ2) is 12.8. The third kappa shape index (κ3) is 7.01. The molecule has 0 heterocycles. The molecule has 0 N–H and O–H groups in total. The van der Waals surface area contributed by atoms with Gasteiger partial charge in [-0.2, -0.15) is 0 Å². The molecule has 3 heteroatoms. The summed E-state index contributed by atoms with van der Waals surface area (Å²) in [6, 6.07) is 51.5. The lowest BCUT2D eigenvalue weighted by Gasteiger charge is -2.09. The zero-order valence-electron chi connectivity index (χ0n) is 23.2. The smallest absolute Gasteiger partial charge is 0.193 e. The zero-order chi connectivity index (χ0) is 28.6. The minimum Gasteiger partial charge on any atom is -0.457 e. The van der Waals surface area contributed by atoms with Gasteiger partial charge in [-0.25, -0.2) is 0 Å². The first-order valence-electron chi connectivity index (χ1n) is 14.0. The highest BCUT2D eigenvalue weighted by Crippen LogP contribution is 2.26. The molecule has 204 valence electrons. The van der Waals surface area contributed by atoms with Gasteiger partial charge in [0.25, 0.3) is 0 Å². The molecule has 0 aliphatic heterocycles. The molecule has 0 amide bonds. The summed E-state index contributed by atoms with van der Waals surface area (Å²) in [4.78, 5) is 13.1. The van der Waals surface area contributed by atoms with Crippen molar-refractivity contribution in [2.45, 2.75) is 12.8 Å². The quantitative estimate of drug-likeness (QED) is 0.160. The van der Waals surface area contributed by atoms with Crippen LogP contribution in [0, 0.1) is 0 Å². The number of hydrogen-bond acceptors (Lipinski definition) is 3. The van der Waals surface area contributed by atoms with Crippen LogP contribution in [0.2, 0.25) is 0 Å². The van der Waals surface area contributed by atoms with Gasteiger partial charge < -0.3 is 9.47 Å². The van der Waals surface area contributed by atoms with Crippen molar-refractivity contribution in [1.82, 2.24) is 0 Å². The summed E-state index contributed by atoms with van der Waals surface area (Å²) in [7, 11) is 0. The maximum absolute atomic E-state index is 13.1. The summed E-state index contributed by atoms with van der Waals surface area (Å²) in [5.74, 6) is 2.82. The van der Waals surface area contributed by atoms with Crippen molar-refractivity contribution in [2.24, 2.45) is 0 Å². The third-order valence-electron chi connectivity index (χ3n) is 7.05. The van der Waals surface area contributed by atoms with E-state index in [1.54, 1.807) is 24.3 Å². The van der Waals surface area contributed by atoms with Crippen LogP contribution in [0.15, 0.2) is 158 Å². The lowest BCUT2D eigenvalue weighted by atomic mass is 10.0. The molecule has 0 spiro atoms. The molecule has 6 aromatic carbocycles. The largest absolute Gasteiger partial charge is 0.457 e. The number of ether oxygens (including phenoxy) is 2. The molecule has 0 bridgehead atoms. The molecule has 0 aromatic heterocycles. The van der Waals surface area contributed by atoms with Crippen LogP contribution in [-0.2, 0) is 12.8 Å². The summed E-state index contributed by atoms with van der Waals surface area (Å²) < 4.78 is 12.0. The molecule has 0 aliphatic rings. The van der Waals surface area contributed by atoms with Crippen LogP contribution in [-0.4, -0.2) is 5.78 Å². The van der Waals surface area contributed by atoms with Gasteiger partial charge in [0, 0.05) is 11.1 Å². The Hall–Kier alpha value is -5.41. The third-order valence-corrected chi connectivity index (χ3v) is 7.05. The van der Waals surface area contributed by atoms with E-state index in [1.807, 2.05) is 60.7 Å². The van der Waals surface area contributed by atoms with Gasteiger partial charge in [0.15, 0.2) is 5.78 Å². The van der Waals surface area contributed by atoms with E-state index >= 15 is 0 Å². The van der Waals surface area contributed by atoms with E-state index in [9.17, 15) is 4.79 Å². The minimum atomic E-state index is -0.0522. The van der Waals surface area contributed by atoms with Gasteiger partial charge in [-0.1, -0.05) is 84.9 Å². The van der Waals surface area contributed by atoms with Crippen LogP contribution in [0.1, 0.15) is 38.2 Å². The highest BCUT2D eigenvalue weighted by Gasteiger charge is 2.10. The first kappa shape index (κ1) is 26.8. The van der Waals surface area contributed by atoms with E-state index in [4.69, 9.17) is 9.47 Å². The SMILES string of the molecule is O=C(c1ccc(Oc2ccc(Cc3ccccc3)cc2)cc1)c1ccc(Oc2ccc(Cc3ccccc3)cc2)cc1. The van der Waals surface area contributed by atoms with E-state index in [1.165, 1.54) is 22.3 Å². The lowest BCUT2D eigenvalue weighted by Crippen LogP contribution is -2.01. The maximum atomic E-state index is 13.1. The fourth-order valence-corrected chi connectivity index (χ4v) is 4.80. The Morgan fingerprint density at radius 3 is 0.976 bits per heavy atom. The molecule has 0 unspecified atom stereocenters. The van der Waals surface area contributed by atoms with Crippen LogP contribution >= 0.6 is 0 Å². The molecular weight excluding hydrogens is 516 g/mol. The molecule has 6 aromatic rings. The van der Waals surface area contributed by atoms with E-state index < -0.39 is 0 Å². The average Bonchev–Trinajstić information content (AvgIpc) is 3.04. The van der Waals surface area contributed by atoms with E-state index in [-0.39, 0.29) is 5.78 Å². The summed E-state index contributed by atoms with van der Waals surface area (Å²) in [6.07, 6.45) is 1.76. The summed E-state index contributed by atoms with van der Waals surface area (Å²) in [5, 5.41) is 0. The summed E-state index contributed by atoms with van der Waals surface area (Å²) in [5.41, 5.74) is 6.20. The van der Waals surface area contributed by atoms with Crippen LogP contribution in [0.5, 0.6) is 23.0 Å². The molecule has 0 atom stereocenters. The molecule has 42 heavy (non-hydrogen) atoms. The Kier molecular flexibility index (Phi) is 8.19. The van der Waals surface area contributed by atoms with Gasteiger partial charge in [-0.3, -0.25) is 4.79 Å². The standard InChI is InChI=1S/C39H30O3/c40-39(33-15-23-37(24-16-33)41-35-19-11-31(12-20-35)27-29-7-3-1-4-8-29)34-17-25-38(26-18-34)42-36-21-13-32(14-22-36)28-30-9-5-2-6-10-30/h1-26H,27-28H2. The van der Waals surface area contributed by atoms with Gasteiger partial charge in [0.2, 0.25) is 0 Å². The molecule has 0 fully saturated rings. The monoisotopic (exact) mass is 546 g/mol. The molecule has 0 aliphatic carbocycles. The van der Waals surface area contributed by atoms with Crippen LogP contribution in [0.3, 0.4) is 0 Å². The number of benzene rings is 6. The second-order valence-corrected chi connectivity index (χ2v) is 10.2. The van der Waals surface area contributed by atoms with Crippen molar-refractivity contribution >= 4 is 5.78 Å². The van der Waals surface area contributed by atoms with Gasteiger partial charge >= 0.3 is 0 Å². The molecule has 0 radical (unpaired) electrons. The van der Waals surface area contributed by atoms with Crippen molar-refractivity contribution < 1.29 is 14.3 Å². The number of carbonyl (C=O) groups excluding carboxylic acids is 1. The predicted octanol–water partition coefficient (Wildman–Crippen LogP) is 9.68. The van der Waals surface area contributed by atoms with Gasteiger partial charge in [-0.15, -0.1) is 0 Å². The van der Waals surface area contributed by atoms with Crippen molar-refractivity contribution in [3.63, 3.8) is 0 Å². The average molecular weight is 547 g/mol. The Bertz CT molecular complexity index is 1590. The Balaban J connectivity index is 1.03. The van der Waals surface area contributed by atoms with Crippen molar-refractivity contribution in [2.75, 3.05) is 0 Å². The fraction of sp³-hybridized carbons (Fsp3) is 0.0513. The number of hydrogen-bond donors (Lipinski definition) is 0. The second-order valence-electron chi connectivity index (χ2n) is 10.2. The van der Waals surface area contributed by atoms with Gasteiger partial charge in [0.05, 0.1) is 0 Å².